The summed E-state index contributed by atoms with van der Waals surface area (Å²) in [5.74, 6) is 0.413. The first-order valence-corrected chi connectivity index (χ1v) is 4.78. The van der Waals surface area contributed by atoms with Crippen molar-refractivity contribution < 1.29 is 9.53 Å². The van der Waals surface area contributed by atoms with E-state index in [0.717, 1.165) is 0 Å². The highest BCUT2D eigenvalue weighted by molar-refractivity contribution is 9.10. The molecule has 4 heteroatoms. The number of hydrogen-bond donors (Lipinski definition) is 0. The number of hydrogen-bond acceptors (Lipinski definition) is 3. The van der Waals surface area contributed by atoms with Gasteiger partial charge in [0.2, 0.25) is 0 Å². The predicted octanol–water partition coefficient (Wildman–Crippen LogP) is 2.55. The first-order chi connectivity index (χ1) is 6.69. The van der Waals surface area contributed by atoms with Crippen molar-refractivity contribution in [3.63, 3.8) is 0 Å². The third-order valence-corrected chi connectivity index (χ3v) is 2.23. The Hall–Kier alpha value is -1.34. The molecule has 0 saturated carbocycles. The molecule has 3 nitrogen and oxygen atoms in total. The molecule has 0 bridgehead atoms. The van der Waals surface area contributed by atoms with Gasteiger partial charge in [-0.05, 0) is 35.0 Å². The summed E-state index contributed by atoms with van der Waals surface area (Å²) in [5, 5.41) is 8.57. The predicted molar refractivity (Wildman–Crippen MR) is 55.2 cm³/mol. The lowest BCUT2D eigenvalue weighted by Gasteiger charge is -2.11. The topological polar surface area (TPSA) is 50.1 Å². The van der Waals surface area contributed by atoms with Crippen LogP contribution < -0.4 is 4.74 Å². The van der Waals surface area contributed by atoms with Crippen molar-refractivity contribution in [1.82, 2.24) is 0 Å². The van der Waals surface area contributed by atoms with Gasteiger partial charge in [0.15, 0.2) is 12.4 Å². The van der Waals surface area contributed by atoms with Crippen LogP contribution >= 0.6 is 15.9 Å². The highest BCUT2D eigenvalue weighted by atomic mass is 79.9. The lowest BCUT2D eigenvalue weighted by atomic mass is 10.2. The lowest BCUT2D eigenvalue weighted by molar-refractivity contribution is 0.111. The molecule has 72 valence electrons. The summed E-state index contributed by atoms with van der Waals surface area (Å²) in [6.45, 7) is 1.62. The number of para-hydroxylation sites is 1. The number of nitrogens with zero attached hydrogens (tertiary/aromatic N) is 1. The zero-order valence-electron chi connectivity index (χ0n) is 7.53. The molecule has 0 fully saturated rings. The number of rotatable bonds is 3. The third kappa shape index (κ3) is 2.33. The number of ether oxygens (including phenoxy) is 1. The second-order valence-corrected chi connectivity index (χ2v) is 3.52. The van der Waals surface area contributed by atoms with E-state index in [-0.39, 0.29) is 0 Å². The van der Waals surface area contributed by atoms with Gasteiger partial charge in [-0.1, -0.05) is 6.07 Å². The Bertz CT molecular complexity index is 384. The van der Waals surface area contributed by atoms with Gasteiger partial charge in [-0.3, -0.25) is 4.79 Å². The van der Waals surface area contributed by atoms with Crippen molar-refractivity contribution in [2.24, 2.45) is 0 Å². The standard InChI is InChI=1S/C10H8BrNO2/c1-7(5-12)14-10-8(6-13)3-2-4-9(10)11/h2-4,6-7H,1H3. The van der Waals surface area contributed by atoms with Crippen molar-refractivity contribution >= 4 is 22.2 Å². The van der Waals surface area contributed by atoms with Gasteiger partial charge in [0, 0.05) is 0 Å². The van der Waals surface area contributed by atoms with Crippen molar-refractivity contribution in [2.75, 3.05) is 0 Å². The summed E-state index contributed by atoms with van der Waals surface area (Å²) < 4.78 is 5.95. The highest BCUT2D eigenvalue weighted by Gasteiger charge is 2.10. The average Bonchev–Trinajstić information content (AvgIpc) is 2.20. The summed E-state index contributed by atoms with van der Waals surface area (Å²) in [4.78, 5) is 10.7. The monoisotopic (exact) mass is 253 g/mol. The van der Waals surface area contributed by atoms with Crippen LogP contribution in [0.25, 0.3) is 0 Å². The Labute approximate surface area is 90.4 Å². The summed E-state index contributed by atoms with van der Waals surface area (Å²) in [6, 6.07) is 7.06. The van der Waals surface area contributed by atoms with Crippen molar-refractivity contribution in [3.05, 3.63) is 28.2 Å². The van der Waals surface area contributed by atoms with Crippen molar-refractivity contribution in [2.45, 2.75) is 13.0 Å². The molecule has 0 spiro atoms. The maximum atomic E-state index is 10.7. The van der Waals surface area contributed by atoms with E-state index in [4.69, 9.17) is 10.00 Å². The smallest absolute Gasteiger partial charge is 0.181 e. The van der Waals surface area contributed by atoms with E-state index in [2.05, 4.69) is 15.9 Å². The molecule has 0 radical (unpaired) electrons. The van der Waals surface area contributed by atoms with Gasteiger partial charge < -0.3 is 4.74 Å². The van der Waals surface area contributed by atoms with Gasteiger partial charge >= 0.3 is 0 Å². The maximum Gasteiger partial charge on any atom is 0.181 e. The molecule has 0 aromatic heterocycles. The summed E-state index contributed by atoms with van der Waals surface area (Å²) in [7, 11) is 0. The molecule has 0 saturated heterocycles. The molecule has 0 aliphatic carbocycles. The Balaban J connectivity index is 3.06. The molecule has 0 aliphatic rings. The fraction of sp³-hybridized carbons (Fsp3) is 0.200. The molecule has 1 rings (SSSR count). The third-order valence-electron chi connectivity index (χ3n) is 1.60. The second-order valence-electron chi connectivity index (χ2n) is 2.67. The van der Waals surface area contributed by atoms with E-state index in [1.807, 2.05) is 6.07 Å². The number of nitriles is 1. The Morgan fingerprint density at radius 2 is 2.36 bits per heavy atom. The van der Waals surface area contributed by atoms with E-state index in [1.165, 1.54) is 0 Å². The van der Waals surface area contributed by atoms with Gasteiger partial charge in [-0.15, -0.1) is 0 Å². The van der Waals surface area contributed by atoms with E-state index in [9.17, 15) is 4.79 Å². The number of halogens is 1. The van der Waals surface area contributed by atoms with Gasteiger partial charge in [-0.25, -0.2) is 0 Å². The molecular weight excluding hydrogens is 246 g/mol. The highest BCUT2D eigenvalue weighted by Crippen LogP contribution is 2.28. The molecule has 0 N–H and O–H groups in total. The molecule has 1 atom stereocenters. The van der Waals surface area contributed by atoms with Gasteiger partial charge in [-0.2, -0.15) is 5.26 Å². The molecule has 14 heavy (non-hydrogen) atoms. The Kier molecular flexibility index (Phi) is 3.66. The molecule has 1 aromatic carbocycles. The van der Waals surface area contributed by atoms with Gasteiger partial charge in [0.05, 0.1) is 10.0 Å². The van der Waals surface area contributed by atoms with Crippen LogP contribution in [0.3, 0.4) is 0 Å². The number of aldehydes is 1. The molecule has 0 aliphatic heterocycles. The molecule has 0 amide bonds. The normalized spacial score (nSPS) is 11.5. The van der Waals surface area contributed by atoms with Crippen LogP contribution in [0.2, 0.25) is 0 Å². The van der Waals surface area contributed by atoms with E-state index < -0.39 is 6.10 Å². The quantitative estimate of drug-likeness (QED) is 0.779. The van der Waals surface area contributed by atoms with Crippen LogP contribution in [0, 0.1) is 11.3 Å². The summed E-state index contributed by atoms with van der Waals surface area (Å²) in [6.07, 6.45) is 0.122. The van der Waals surface area contributed by atoms with E-state index in [0.29, 0.717) is 22.1 Å². The van der Waals surface area contributed by atoms with E-state index in [1.54, 1.807) is 25.1 Å². The largest absolute Gasteiger partial charge is 0.474 e. The van der Waals surface area contributed by atoms with Crippen molar-refractivity contribution in [3.8, 4) is 11.8 Å². The minimum atomic E-state index is -0.576. The summed E-state index contributed by atoms with van der Waals surface area (Å²) >= 11 is 3.25. The number of carbonyl (C=O) groups is 1. The Morgan fingerprint density at radius 3 is 2.93 bits per heavy atom. The van der Waals surface area contributed by atoms with E-state index >= 15 is 0 Å². The SMILES string of the molecule is CC(C#N)Oc1c(Br)cccc1C=O. The summed E-state index contributed by atoms with van der Waals surface area (Å²) in [5.41, 5.74) is 0.432. The van der Waals surface area contributed by atoms with Crippen LogP contribution in [-0.2, 0) is 0 Å². The molecule has 1 aromatic rings. The lowest BCUT2D eigenvalue weighted by Crippen LogP contribution is -2.10. The average molecular weight is 254 g/mol. The molecule has 0 heterocycles. The minimum Gasteiger partial charge on any atom is -0.474 e. The second kappa shape index (κ2) is 4.77. The van der Waals surface area contributed by atoms with Crippen LogP contribution in [0.15, 0.2) is 22.7 Å². The van der Waals surface area contributed by atoms with Crippen LogP contribution in [-0.4, -0.2) is 12.4 Å². The zero-order valence-corrected chi connectivity index (χ0v) is 9.11. The molecular formula is C10H8BrNO2. The van der Waals surface area contributed by atoms with Gasteiger partial charge in [0.1, 0.15) is 11.8 Å². The van der Waals surface area contributed by atoms with Crippen molar-refractivity contribution in [1.29, 1.82) is 5.26 Å². The Morgan fingerprint density at radius 1 is 1.64 bits per heavy atom. The number of carbonyl (C=O) groups excluding carboxylic acids is 1. The van der Waals surface area contributed by atoms with Crippen LogP contribution in [0.1, 0.15) is 17.3 Å². The fourth-order valence-electron chi connectivity index (χ4n) is 0.946. The first kappa shape index (κ1) is 10.7. The van der Waals surface area contributed by atoms with Crippen LogP contribution in [0.4, 0.5) is 0 Å². The number of benzene rings is 1. The first-order valence-electron chi connectivity index (χ1n) is 3.99. The fourth-order valence-corrected chi connectivity index (χ4v) is 1.42. The molecule has 1 unspecified atom stereocenters. The maximum absolute atomic E-state index is 10.7. The minimum absolute atomic E-state index is 0.413. The van der Waals surface area contributed by atoms with Gasteiger partial charge in [0.25, 0.3) is 0 Å². The van der Waals surface area contributed by atoms with Crippen LogP contribution in [0.5, 0.6) is 5.75 Å². The zero-order chi connectivity index (χ0) is 10.6.